The Morgan fingerprint density at radius 3 is 2.87 bits per heavy atom. The van der Waals surface area contributed by atoms with E-state index in [2.05, 4.69) is 6.07 Å². The molecule has 1 aromatic rings. The van der Waals surface area contributed by atoms with E-state index in [1.54, 1.807) is 18.4 Å². The van der Waals surface area contributed by atoms with Crippen LogP contribution in [0.25, 0.3) is 0 Å². The minimum absolute atomic E-state index is 0.119. The molecular weight excluding hydrogens is 314 g/mol. The Morgan fingerprint density at radius 1 is 1.39 bits per heavy atom. The molecule has 0 unspecified atom stereocenters. The maximum Gasteiger partial charge on any atom is 0.326 e. The second-order valence-electron chi connectivity index (χ2n) is 6.05. The number of rotatable bonds is 5. The number of carbonyl (C=O) groups is 3. The summed E-state index contributed by atoms with van der Waals surface area (Å²) >= 11 is 1.69. The zero-order valence-electron chi connectivity index (χ0n) is 13.2. The average Bonchev–Trinajstić information content (AvgIpc) is 3.23. The van der Waals surface area contributed by atoms with Crippen LogP contribution in [-0.2, 0) is 9.59 Å². The summed E-state index contributed by atoms with van der Waals surface area (Å²) in [5.74, 6) is -0.0593. The van der Waals surface area contributed by atoms with Gasteiger partial charge < -0.3 is 9.80 Å². The van der Waals surface area contributed by atoms with Gasteiger partial charge in [-0.15, -0.1) is 11.3 Å². The third kappa shape index (κ3) is 3.24. The van der Waals surface area contributed by atoms with E-state index >= 15 is 0 Å². The number of likely N-dealkylation sites (N-methyl/N-ethyl adjacent to an activating group) is 1. The van der Waals surface area contributed by atoms with Gasteiger partial charge in [-0.2, -0.15) is 0 Å². The Labute approximate surface area is 139 Å². The summed E-state index contributed by atoms with van der Waals surface area (Å²) in [7, 11) is 1.61. The van der Waals surface area contributed by atoms with E-state index in [4.69, 9.17) is 0 Å². The minimum Gasteiger partial charge on any atom is -0.335 e. The molecule has 2 fully saturated rings. The molecule has 0 saturated carbocycles. The fourth-order valence-electron chi connectivity index (χ4n) is 3.26. The van der Waals surface area contributed by atoms with Gasteiger partial charge in [-0.3, -0.25) is 14.5 Å². The van der Waals surface area contributed by atoms with Crippen LogP contribution in [0.2, 0.25) is 0 Å². The number of hydrogen-bond donors (Lipinski definition) is 0. The van der Waals surface area contributed by atoms with E-state index in [0.717, 1.165) is 19.4 Å². The maximum atomic E-state index is 12.5. The van der Waals surface area contributed by atoms with Crippen LogP contribution in [0, 0.1) is 0 Å². The smallest absolute Gasteiger partial charge is 0.326 e. The van der Waals surface area contributed by atoms with E-state index in [9.17, 15) is 14.4 Å². The first-order valence-corrected chi connectivity index (χ1v) is 8.84. The van der Waals surface area contributed by atoms with Crippen LogP contribution in [0.1, 0.15) is 36.6 Å². The van der Waals surface area contributed by atoms with Crippen LogP contribution in [-0.4, -0.2) is 59.2 Å². The number of thiophene rings is 1. The highest BCUT2D eigenvalue weighted by Crippen LogP contribution is 2.34. The average molecular weight is 335 g/mol. The summed E-state index contributed by atoms with van der Waals surface area (Å²) in [6, 6.07) is 4.03. The van der Waals surface area contributed by atoms with Crippen molar-refractivity contribution in [2.45, 2.75) is 31.7 Å². The molecule has 4 amide bonds. The normalized spacial score (nSPS) is 21.6. The molecule has 0 aliphatic carbocycles. The van der Waals surface area contributed by atoms with Crippen LogP contribution in [0.15, 0.2) is 17.5 Å². The van der Waals surface area contributed by atoms with Crippen LogP contribution < -0.4 is 0 Å². The second kappa shape index (κ2) is 6.70. The van der Waals surface area contributed by atoms with Crippen LogP contribution in [0.4, 0.5) is 4.79 Å². The minimum atomic E-state index is -0.264. The van der Waals surface area contributed by atoms with Crippen molar-refractivity contribution < 1.29 is 14.4 Å². The molecule has 3 heterocycles. The van der Waals surface area contributed by atoms with Gasteiger partial charge in [0.25, 0.3) is 0 Å². The van der Waals surface area contributed by atoms with Gasteiger partial charge in [0.15, 0.2) is 0 Å². The Balaban J connectivity index is 1.51. The molecule has 23 heavy (non-hydrogen) atoms. The van der Waals surface area contributed by atoms with Gasteiger partial charge in [-0.25, -0.2) is 4.79 Å². The zero-order valence-corrected chi connectivity index (χ0v) is 14.1. The third-order valence-corrected chi connectivity index (χ3v) is 5.42. The fourth-order valence-corrected chi connectivity index (χ4v) is 4.14. The van der Waals surface area contributed by atoms with Gasteiger partial charge in [-0.05, 0) is 30.7 Å². The van der Waals surface area contributed by atoms with Gasteiger partial charge in [0.05, 0.1) is 6.04 Å². The zero-order chi connectivity index (χ0) is 16.4. The van der Waals surface area contributed by atoms with Crippen molar-refractivity contribution in [2.24, 2.45) is 0 Å². The lowest BCUT2D eigenvalue weighted by molar-refractivity contribution is -0.132. The summed E-state index contributed by atoms with van der Waals surface area (Å²) in [6.07, 6.45) is 2.95. The van der Waals surface area contributed by atoms with Crippen molar-refractivity contribution in [1.82, 2.24) is 14.7 Å². The molecule has 0 N–H and O–H groups in total. The molecule has 0 bridgehead atoms. The van der Waals surface area contributed by atoms with Crippen molar-refractivity contribution in [3.63, 3.8) is 0 Å². The van der Waals surface area contributed by atoms with E-state index in [0.29, 0.717) is 19.4 Å². The highest BCUT2D eigenvalue weighted by atomic mass is 32.1. The maximum absolute atomic E-state index is 12.5. The lowest BCUT2D eigenvalue weighted by Gasteiger charge is -2.24. The Kier molecular flexibility index (Phi) is 4.66. The van der Waals surface area contributed by atoms with Crippen molar-refractivity contribution in [3.05, 3.63) is 22.4 Å². The van der Waals surface area contributed by atoms with Crippen molar-refractivity contribution in [3.8, 4) is 0 Å². The molecule has 3 rings (SSSR count). The Bertz CT molecular complexity index is 602. The number of carbonyl (C=O) groups excluding carboxylic acids is 3. The molecule has 0 aromatic carbocycles. The summed E-state index contributed by atoms with van der Waals surface area (Å²) in [4.78, 5) is 41.8. The SMILES string of the molecule is CN1CC(=O)N(CCCC(=O)N2CCC[C@@H]2c2cccs2)C1=O. The lowest BCUT2D eigenvalue weighted by atomic mass is 10.1. The monoisotopic (exact) mass is 335 g/mol. The van der Waals surface area contributed by atoms with Crippen LogP contribution >= 0.6 is 11.3 Å². The third-order valence-electron chi connectivity index (χ3n) is 4.45. The molecule has 1 aromatic heterocycles. The van der Waals surface area contributed by atoms with Crippen LogP contribution in [0.3, 0.4) is 0 Å². The number of urea groups is 1. The first kappa shape index (κ1) is 16.0. The molecule has 2 aliphatic heterocycles. The van der Waals surface area contributed by atoms with Crippen molar-refractivity contribution >= 4 is 29.2 Å². The largest absolute Gasteiger partial charge is 0.335 e. The van der Waals surface area contributed by atoms with Crippen molar-refractivity contribution in [1.29, 1.82) is 0 Å². The lowest BCUT2D eigenvalue weighted by Crippen LogP contribution is -2.34. The molecule has 124 valence electrons. The van der Waals surface area contributed by atoms with Gasteiger partial charge >= 0.3 is 6.03 Å². The number of imide groups is 1. The van der Waals surface area contributed by atoms with Gasteiger partial charge in [0.1, 0.15) is 6.54 Å². The molecule has 0 spiro atoms. The molecule has 0 radical (unpaired) electrons. The van der Waals surface area contributed by atoms with E-state index in [1.807, 2.05) is 16.3 Å². The predicted octanol–water partition coefficient (Wildman–Crippen LogP) is 2.09. The predicted molar refractivity (Wildman–Crippen MR) is 87.0 cm³/mol. The van der Waals surface area contributed by atoms with Crippen LogP contribution in [0.5, 0.6) is 0 Å². The van der Waals surface area contributed by atoms with Gasteiger partial charge in [0.2, 0.25) is 11.8 Å². The Hall–Kier alpha value is -1.89. The number of amides is 4. The van der Waals surface area contributed by atoms with E-state index in [-0.39, 0.29) is 30.4 Å². The highest BCUT2D eigenvalue weighted by Gasteiger charge is 2.34. The second-order valence-corrected chi connectivity index (χ2v) is 7.03. The molecule has 2 saturated heterocycles. The van der Waals surface area contributed by atoms with Crippen molar-refractivity contribution in [2.75, 3.05) is 26.7 Å². The Morgan fingerprint density at radius 2 is 2.22 bits per heavy atom. The topological polar surface area (TPSA) is 60.9 Å². The molecule has 2 aliphatic rings. The summed E-state index contributed by atoms with van der Waals surface area (Å²) < 4.78 is 0. The fraction of sp³-hybridized carbons (Fsp3) is 0.562. The number of hydrogen-bond acceptors (Lipinski definition) is 4. The molecule has 7 heteroatoms. The molecule has 1 atom stereocenters. The molecule has 6 nitrogen and oxygen atoms in total. The molecular formula is C16H21N3O3S. The van der Waals surface area contributed by atoms with E-state index in [1.165, 1.54) is 14.7 Å². The van der Waals surface area contributed by atoms with Gasteiger partial charge in [-0.1, -0.05) is 6.07 Å². The summed E-state index contributed by atoms with van der Waals surface area (Å²) in [5, 5.41) is 2.04. The first-order valence-electron chi connectivity index (χ1n) is 7.96. The standard InChI is InChI=1S/C16H21N3O3S/c1-17-11-15(21)19(16(17)22)9-3-7-14(20)18-8-2-5-12(18)13-6-4-10-23-13/h4,6,10,12H,2-3,5,7-9,11H2,1H3/t12-/m1/s1. The summed E-state index contributed by atoms with van der Waals surface area (Å²) in [5.41, 5.74) is 0. The highest BCUT2D eigenvalue weighted by molar-refractivity contribution is 7.10. The quantitative estimate of drug-likeness (QED) is 0.774. The van der Waals surface area contributed by atoms with Gasteiger partial charge in [0, 0.05) is 31.4 Å². The number of likely N-dealkylation sites (tertiary alicyclic amines) is 1. The first-order chi connectivity index (χ1) is 11.1. The van der Waals surface area contributed by atoms with E-state index < -0.39 is 0 Å². The number of nitrogens with zero attached hydrogens (tertiary/aromatic N) is 3. The summed E-state index contributed by atoms with van der Waals surface area (Å²) in [6.45, 7) is 1.26.